The molecular formula is C15H11NO4S. The van der Waals surface area contributed by atoms with Gasteiger partial charge in [-0.3, -0.25) is 0 Å². The highest BCUT2D eigenvalue weighted by Crippen LogP contribution is 2.21. The fourth-order valence-electron chi connectivity index (χ4n) is 1.94. The van der Waals surface area contributed by atoms with E-state index < -0.39 is 15.8 Å². The highest BCUT2D eigenvalue weighted by molar-refractivity contribution is 7.90. The highest BCUT2D eigenvalue weighted by atomic mass is 32.2. The minimum atomic E-state index is -3.80. The third kappa shape index (κ3) is 3.27. The topological polar surface area (TPSA) is 95.2 Å². The maximum Gasteiger partial charge on any atom is 0.337 e. The number of hydrogen-bond donors (Lipinski definition) is 1. The Labute approximate surface area is 122 Å². The summed E-state index contributed by atoms with van der Waals surface area (Å²) >= 11 is 0. The third-order valence-electron chi connectivity index (χ3n) is 2.87. The lowest BCUT2D eigenvalue weighted by Gasteiger charge is -2.08. The molecule has 0 unspecified atom stereocenters. The van der Waals surface area contributed by atoms with Crippen LogP contribution in [0.2, 0.25) is 0 Å². The number of benzene rings is 2. The normalized spacial score (nSPS) is 10.8. The Morgan fingerprint density at radius 2 is 1.86 bits per heavy atom. The van der Waals surface area contributed by atoms with Crippen LogP contribution in [0.4, 0.5) is 0 Å². The smallest absolute Gasteiger partial charge is 0.337 e. The molecule has 2 aromatic carbocycles. The summed E-state index contributed by atoms with van der Waals surface area (Å²) < 4.78 is 24.8. The second kappa shape index (κ2) is 5.77. The predicted octanol–water partition coefficient (Wildman–Crippen LogP) is 2.23. The van der Waals surface area contributed by atoms with Gasteiger partial charge >= 0.3 is 5.97 Å². The molecule has 2 aromatic rings. The molecule has 0 saturated heterocycles. The fraction of sp³-hybridized carbons (Fsp3) is 0.0667. The lowest BCUT2D eigenvalue weighted by Crippen LogP contribution is -2.11. The van der Waals surface area contributed by atoms with Crippen LogP contribution in [-0.4, -0.2) is 19.5 Å². The van der Waals surface area contributed by atoms with E-state index in [4.69, 9.17) is 10.4 Å². The average molecular weight is 301 g/mol. The Morgan fingerprint density at radius 3 is 2.52 bits per heavy atom. The van der Waals surface area contributed by atoms with Crippen molar-refractivity contribution in [2.24, 2.45) is 0 Å². The average Bonchev–Trinajstić information content (AvgIpc) is 2.47. The van der Waals surface area contributed by atoms with Crippen molar-refractivity contribution in [2.75, 3.05) is 0 Å². The van der Waals surface area contributed by atoms with Crippen molar-refractivity contribution in [1.82, 2.24) is 0 Å². The van der Waals surface area contributed by atoms with E-state index in [0.717, 1.165) is 0 Å². The molecule has 0 spiro atoms. The van der Waals surface area contributed by atoms with Gasteiger partial charge in [0.25, 0.3) is 0 Å². The summed E-state index contributed by atoms with van der Waals surface area (Å²) in [6.07, 6.45) is 0. The molecule has 0 aliphatic carbocycles. The van der Waals surface area contributed by atoms with Crippen LogP contribution in [0.25, 0.3) is 0 Å². The van der Waals surface area contributed by atoms with Crippen LogP contribution >= 0.6 is 0 Å². The van der Waals surface area contributed by atoms with Gasteiger partial charge in [-0.15, -0.1) is 0 Å². The van der Waals surface area contributed by atoms with Crippen molar-refractivity contribution < 1.29 is 18.3 Å². The summed E-state index contributed by atoms with van der Waals surface area (Å²) in [6.45, 7) is 0. The Balaban J connectivity index is 2.44. The van der Waals surface area contributed by atoms with Gasteiger partial charge in [0.15, 0.2) is 9.84 Å². The molecule has 106 valence electrons. The van der Waals surface area contributed by atoms with Crippen molar-refractivity contribution in [3.05, 3.63) is 65.2 Å². The van der Waals surface area contributed by atoms with E-state index in [2.05, 4.69) is 0 Å². The maximum absolute atomic E-state index is 12.4. The molecule has 0 aliphatic rings. The molecule has 0 radical (unpaired) electrons. The predicted molar refractivity (Wildman–Crippen MR) is 75.4 cm³/mol. The molecule has 6 heteroatoms. The number of carboxylic acids is 1. The molecular weight excluding hydrogens is 290 g/mol. The summed E-state index contributed by atoms with van der Waals surface area (Å²) in [4.78, 5) is 10.9. The maximum atomic E-state index is 12.4. The van der Waals surface area contributed by atoms with Crippen LogP contribution in [-0.2, 0) is 15.6 Å². The molecule has 0 atom stereocenters. The second-order valence-electron chi connectivity index (χ2n) is 4.37. The first-order valence-corrected chi connectivity index (χ1v) is 7.63. The molecule has 0 bridgehead atoms. The first kappa shape index (κ1) is 14.8. The number of nitriles is 1. The Kier molecular flexibility index (Phi) is 4.05. The Morgan fingerprint density at radius 1 is 1.14 bits per heavy atom. The van der Waals surface area contributed by atoms with E-state index in [-0.39, 0.29) is 16.2 Å². The summed E-state index contributed by atoms with van der Waals surface area (Å²) in [5.74, 6) is -1.65. The fourth-order valence-corrected chi connectivity index (χ4v) is 3.49. The number of sulfone groups is 1. The zero-order valence-electron chi connectivity index (χ0n) is 10.9. The molecule has 0 fully saturated rings. The first-order valence-electron chi connectivity index (χ1n) is 5.98. The van der Waals surface area contributed by atoms with Crippen LogP contribution in [0.1, 0.15) is 21.5 Å². The quantitative estimate of drug-likeness (QED) is 0.934. The molecule has 0 amide bonds. The van der Waals surface area contributed by atoms with Crippen molar-refractivity contribution in [1.29, 1.82) is 5.26 Å². The number of hydrogen-bond acceptors (Lipinski definition) is 4. The largest absolute Gasteiger partial charge is 0.478 e. The molecule has 2 rings (SSSR count). The zero-order valence-corrected chi connectivity index (χ0v) is 11.7. The van der Waals surface area contributed by atoms with Crippen LogP contribution in [0.3, 0.4) is 0 Å². The van der Waals surface area contributed by atoms with Gasteiger partial charge < -0.3 is 5.11 Å². The van der Waals surface area contributed by atoms with E-state index >= 15 is 0 Å². The number of rotatable bonds is 4. The van der Waals surface area contributed by atoms with Crippen LogP contribution in [0, 0.1) is 11.3 Å². The zero-order chi connectivity index (χ0) is 15.5. The van der Waals surface area contributed by atoms with E-state index in [1.807, 2.05) is 6.07 Å². The molecule has 0 heterocycles. The number of nitrogens with zero attached hydrogens (tertiary/aromatic N) is 1. The Hall–Kier alpha value is -2.65. The highest BCUT2D eigenvalue weighted by Gasteiger charge is 2.22. The van der Waals surface area contributed by atoms with Gasteiger partial charge in [0.05, 0.1) is 27.8 Å². The molecule has 0 saturated carbocycles. The van der Waals surface area contributed by atoms with Gasteiger partial charge in [-0.25, -0.2) is 13.2 Å². The van der Waals surface area contributed by atoms with Crippen LogP contribution < -0.4 is 0 Å². The van der Waals surface area contributed by atoms with Gasteiger partial charge in [-0.05, 0) is 29.8 Å². The van der Waals surface area contributed by atoms with Gasteiger partial charge in [0.1, 0.15) is 0 Å². The van der Waals surface area contributed by atoms with Crippen LogP contribution in [0.5, 0.6) is 0 Å². The van der Waals surface area contributed by atoms with Crippen molar-refractivity contribution >= 4 is 15.8 Å². The lowest BCUT2D eigenvalue weighted by molar-refractivity contribution is 0.0692. The van der Waals surface area contributed by atoms with Gasteiger partial charge in [-0.2, -0.15) is 5.26 Å². The van der Waals surface area contributed by atoms with Gasteiger partial charge in [0.2, 0.25) is 0 Å². The van der Waals surface area contributed by atoms with Crippen molar-refractivity contribution in [3.8, 4) is 6.07 Å². The minimum absolute atomic E-state index is 0.222. The van der Waals surface area contributed by atoms with Gasteiger partial charge in [-0.1, -0.05) is 24.3 Å². The first-order chi connectivity index (χ1) is 9.94. The van der Waals surface area contributed by atoms with E-state index in [1.54, 1.807) is 18.2 Å². The third-order valence-corrected chi connectivity index (χ3v) is 4.60. The van der Waals surface area contributed by atoms with Crippen molar-refractivity contribution in [2.45, 2.75) is 10.6 Å². The van der Waals surface area contributed by atoms with E-state index in [0.29, 0.717) is 11.1 Å². The van der Waals surface area contributed by atoms with Crippen molar-refractivity contribution in [3.63, 3.8) is 0 Å². The molecule has 0 aliphatic heterocycles. The monoisotopic (exact) mass is 301 g/mol. The summed E-state index contributed by atoms with van der Waals surface area (Å²) in [5, 5.41) is 17.9. The Bertz CT molecular complexity index is 835. The molecule has 5 nitrogen and oxygen atoms in total. The number of carboxylic acid groups (broad SMARTS) is 1. The molecule has 0 aromatic heterocycles. The molecule has 1 N–H and O–H groups in total. The summed E-state index contributed by atoms with van der Waals surface area (Å²) in [7, 11) is -3.80. The number of aromatic carboxylic acids is 1. The summed E-state index contributed by atoms with van der Waals surface area (Å²) in [6, 6.07) is 13.6. The van der Waals surface area contributed by atoms with E-state index in [9.17, 15) is 13.2 Å². The number of carbonyl (C=O) groups is 1. The van der Waals surface area contributed by atoms with E-state index in [1.165, 1.54) is 30.3 Å². The molecule has 21 heavy (non-hydrogen) atoms. The standard InChI is InChI=1S/C15H11NO4S/c16-9-11-4-3-5-12(8-11)10-21(19,20)14-7-2-1-6-13(14)15(17)18/h1-8H,10H2,(H,17,18). The second-order valence-corrected chi connectivity index (χ2v) is 6.33. The summed E-state index contributed by atoms with van der Waals surface area (Å²) in [5.41, 5.74) is 0.539. The minimum Gasteiger partial charge on any atom is -0.478 e. The van der Waals surface area contributed by atoms with Crippen LogP contribution in [0.15, 0.2) is 53.4 Å². The lowest BCUT2D eigenvalue weighted by atomic mass is 10.2. The SMILES string of the molecule is N#Cc1cccc(CS(=O)(=O)c2ccccc2C(=O)O)c1. The van der Waals surface area contributed by atoms with Gasteiger partial charge in [0, 0.05) is 0 Å².